The van der Waals surface area contributed by atoms with Crippen molar-refractivity contribution in [1.29, 1.82) is 0 Å². The quantitative estimate of drug-likeness (QED) is 0.570. The predicted octanol–water partition coefficient (Wildman–Crippen LogP) is 2.69. The molecule has 0 aliphatic rings. The van der Waals surface area contributed by atoms with Crippen LogP contribution in [-0.4, -0.2) is 33.9 Å². The Kier molecular flexibility index (Phi) is 6.25. The molecular weight excluding hydrogens is 405 g/mol. The monoisotopic (exact) mass is 417 g/mol. The third kappa shape index (κ3) is 4.73. The van der Waals surface area contributed by atoms with E-state index in [2.05, 4.69) is 0 Å². The van der Waals surface area contributed by atoms with Crippen molar-refractivity contribution in [1.82, 2.24) is 0 Å². The summed E-state index contributed by atoms with van der Waals surface area (Å²) >= 11 is 11.6. The molecule has 138 valence electrons. The van der Waals surface area contributed by atoms with Crippen LogP contribution in [0.15, 0.2) is 41.3 Å². The van der Waals surface area contributed by atoms with Crippen molar-refractivity contribution in [3.63, 3.8) is 0 Å². The van der Waals surface area contributed by atoms with Crippen LogP contribution in [0.3, 0.4) is 0 Å². The van der Waals surface area contributed by atoms with E-state index in [-0.39, 0.29) is 31.8 Å². The summed E-state index contributed by atoms with van der Waals surface area (Å²) in [6.07, 6.45) is 0. The molecule has 2 rings (SSSR count). The van der Waals surface area contributed by atoms with Crippen molar-refractivity contribution in [2.24, 2.45) is 5.14 Å². The van der Waals surface area contributed by atoms with Crippen LogP contribution >= 0.6 is 23.2 Å². The molecule has 0 unspecified atom stereocenters. The van der Waals surface area contributed by atoms with Gasteiger partial charge in [0.2, 0.25) is 10.0 Å². The first-order valence-corrected chi connectivity index (χ1v) is 9.30. The third-order valence-electron chi connectivity index (χ3n) is 3.28. The second-order valence-corrected chi connectivity index (χ2v) is 7.38. The zero-order chi connectivity index (χ0) is 19.5. The Morgan fingerprint density at radius 1 is 1.04 bits per heavy atom. The average molecular weight is 418 g/mol. The number of halogens is 2. The molecule has 0 spiro atoms. The van der Waals surface area contributed by atoms with Crippen LogP contribution in [0.4, 0.5) is 0 Å². The maximum Gasteiger partial charge on any atom is 0.338 e. The number of methoxy groups -OCH3 is 1. The van der Waals surface area contributed by atoms with Gasteiger partial charge in [-0.15, -0.1) is 0 Å². The van der Waals surface area contributed by atoms with Crippen molar-refractivity contribution in [3.05, 3.63) is 57.6 Å². The standard InChI is InChI=1S/C16H13Cl2NO6S/c1-24-14-5-3-10(7-15(14)26(19,22)23)16(21)25-8-13(20)9-2-4-11(17)12(18)6-9/h2-7H,8H2,1H3,(H2,19,22,23). The maximum atomic E-state index is 12.1. The Hall–Kier alpha value is -2.13. The maximum absolute atomic E-state index is 12.1. The second kappa shape index (κ2) is 8.05. The summed E-state index contributed by atoms with van der Waals surface area (Å²) in [7, 11) is -2.85. The molecule has 0 atom stereocenters. The van der Waals surface area contributed by atoms with Gasteiger partial charge in [-0.05, 0) is 36.4 Å². The van der Waals surface area contributed by atoms with Crippen LogP contribution in [0.25, 0.3) is 0 Å². The topological polar surface area (TPSA) is 113 Å². The lowest BCUT2D eigenvalue weighted by Crippen LogP contribution is -2.17. The molecule has 10 heteroatoms. The Balaban J connectivity index is 2.15. The van der Waals surface area contributed by atoms with Gasteiger partial charge in [-0.25, -0.2) is 18.4 Å². The molecule has 0 bridgehead atoms. The molecule has 0 aliphatic carbocycles. The molecule has 0 aromatic heterocycles. The van der Waals surface area contributed by atoms with Crippen LogP contribution < -0.4 is 9.88 Å². The number of hydrogen-bond acceptors (Lipinski definition) is 6. The fourth-order valence-electron chi connectivity index (χ4n) is 1.99. The first-order valence-electron chi connectivity index (χ1n) is 6.99. The summed E-state index contributed by atoms with van der Waals surface area (Å²) in [6, 6.07) is 7.81. The summed E-state index contributed by atoms with van der Waals surface area (Å²) in [4.78, 5) is 23.8. The summed E-state index contributed by atoms with van der Waals surface area (Å²) in [5, 5.41) is 5.57. The first-order chi connectivity index (χ1) is 12.1. The molecule has 0 heterocycles. The Morgan fingerprint density at radius 2 is 1.69 bits per heavy atom. The van der Waals surface area contributed by atoms with Gasteiger partial charge in [-0.2, -0.15) is 0 Å². The highest BCUT2D eigenvalue weighted by molar-refractivity contribution is 7.89. The summed E-state index contributed by atoms with van der Waals surface area (Å²) < 4.78 is 32.9. The van der Waals surface area contributed by atoms with E-state index in [1.807, 2.05) is 0 Å². The molecule has 0 fully saturated rings. The molecule has 0 saturated carbocycles. The van der Waals surface area contributed by atoms with Gasteiger partial charge in [0, 0.05) is 5.56 Å². The number of sulfonamides is 1. The largest absolute Gasteiger partial charge is 0.495 e. The van der Waals surface area contributed by atoms with Crippen LogP contribution in [0.2, 0.25) is 10.0 Å². The number of ether oxygens (including phenoxy) is 2. The van der Waals surface area contributed by atoms with E-state index in [1.165, 1.54) is 37.4 Å². The fraction of sp³-hybridized carbons (Fsp3) is 0.125. The number of hydrogen-bond donors (Lipinski definition) is 1. The minimum Gasteiger partial charge on any atom is -0.495 e. The van der Waals surface area contributed by atoms with Crippen LogP contribution in [0, 0.1) is 0 Å². The van der Waals surface area contributed by atoms with Crippen LogP contribution in [-0.2, 0) is 14.8 Å². The molecule has 0 saturated heterocycles. The van der Waals surface area contributed by atoms with Gasteiger partial charge < -0.3 is 9.47 Å². The number of Topliss-reactive ketones (excluding diaryl/α,β-unsaturated/α-hetero) is 1. The van der Waals surface area contributed by atoms with E-state index in [4.69, 9.17) is 37.8 Å². The van der Waals surface area contributed by atoms with Crippen molar-refractivity contribution in [2.75, 3.05) is 13.7 Å². The highest BCUT2D eigenvalue weighted by atomic mass is 35.5. The van der Waals surface area contributed by atoms with Crippen LogP contribution in [0.1, 0.15) is 20.7 Å². The molecule has 26 heavy (non-hydrogen) atoms. The second-order valence-electron chi connectivity index (χ2n) is 5.04. The zero-order valence-corrected chi connectivity index (χ0v) is 15.7. The third-order valence-corrected chi connectivity index (χ3v) is 4.95. The van der Waals surface area contributed by atoms with Gasteiger partial charge in [0.25, 0.3) is 0 Å². The van der Waals surface area contributed by atoms with Crippen molar-refractivity contribution in [3.8, 4) is 5.75 Å². The van der Waals surface area contributed by atoms with Gasteiger partial charge in [0.1, 0.15) is 10.6 Å². The number of rotatable bonds is 6. The highest BCUT2D eigenvalue weighted by Crippen LogP contribution is 2.25. The number of carbonyl (C=O) groups is 2. The van der Waals surface area contributed by atoms with E-state index in [0.29, 0.717) is 0 Å². The minimum absolute atomic E-state index is 0.0177. The number of ketones is 1. The lowest BCUT2D eigenvalue weighted by atomic mass is 10.1. The number of benzene rings is 2. The number of nitrogens with two attached hydrogens (primary N) is 1. The van der Waals surface area contributed by atoms with Gasteiger partial charge in [-0.1, -0.05) is 23.2 Å². The van der Waals surface area contributed by atoms with Gasteiger partial charge >= 0.3 is 5.97 Å². The van der Waals surface area contributed by atoms with E-state index in [0.717, 1.165) is 6.07 Å². The first kappa shape index (κ1) is 20.2. The highest BCUT2D eigenvalue weighted by Gasteiger charge is 2.19. The SMILES string of the molecule is COc1ccc(C(=O)OCC(=O)c2ccc(Cl)c(Cl)c2)cc1S(N)(=O)=O. The zero-order valence-electron chi connectivity index (χ0n) is 13.4. The van der Waals surface area contributed by atoms with Gasteiger partial charge in [-0.3, -0.25) is 4.79 Å². The Morgan fingerprint density at radius 3 is 2.27 bits per heavy atom. The summed E-state index contributed by atoms with van der Waals surface area (Å²) in [5.41, 5.74) is 0.115. The molecule has 0 amide bonds. The number of esters is 1. The molecule has 2 aromatic carbocycles. The van der Waals surface area contributed by atoms with Gasteiger partial charge in [0.15, 0.2) is 12.4 Å². The van der Waals surface area contributed by atoms with Crippen LogP contribution in [0.5, 0.6) is 5.75 Å². The number of carbonyl (C=O) groups excluding carboxylic acids is 2. The smallest absolute Gasteiger partial charge is 0.338 e. The molecule has 7 nitrogen and oxygen atoms in total. The molecule has 0 radical (unpaired) electrons. The lowest BCUT2D eigenvalue weighted by molar-refractivity contribution is 0.0474. The number of primary sulfonamides is 1. The van der Waals surface area contributed by atoms with E-state index < -0.39 is 28.4 Å². The van der Waals surface area contributed by atoms with E-state index in [9.17, 15) is 18.0 Å². The van der Waals surface area contributed by atoms with Gasteiger partial charge in [0.05, 0.1) is 22.7 Å². The molecule has 0 aliphatic heterocycles. The van der Waals surface area contributed by atoms with E-state index in [1.54, 1.807) is 0 Å². The molecular formula is C16H13Cl2NO6S. The lowest BCUT2D eigenvalue weighted by Gasteiger charge is -2.09. The average Bonchev–Trinajstić information content (AvgIpc) is 2.60. The van der Waals surface area contributed by atoms with Crippen molar-refractivity contribution in [2.45, 2.75) is 4.90 Å². The van der Waals surface area contributed by atoms with Crippen molar-refractivity contribution < 1.29 is 27.5 Å². The summed E-state index contributed by atoms with van der Waals surface area (Å²) in [6.45, 7) is -0.562. The summed E-state index contributed by atoms with van der Waals surface area (Å²) in [5.74, 6) is -1.42. The normalized spacial score (nSPS) is 11.1. The molecule has 2 N–H and O–H groups in total. The fourth-order valence-corrected chi connectivity index (χ4v) is 3.01. The molecule has 2 aromatic rings. The predicted molar refractivity (Wildman–Crippen MR) is 95.4 cm³/mol. The Bertz CT molecular complexity index is 975. The minimum atomic E-state index is -4.11. The van der Waals surface area contributed by atoms with Crippen molar-refractivity contribution >= 4 is 45.0 Å². The van der Waals surface area contributed by atoms with E-state index >= 15 is 0 Å². The Labute approximate surface area is 159 Å².